The maximum absolute atomic E-state index is 12.6. The van der Waals surface area contributed by atoms with Crippen LogP contribution in [0.3, 0.4) is 0 Å². The number of nitrogens with one attached hydrogen (secondary N) is 1. The lowest BCUT2D eigenvalue weighted by atomic mass is 10.1. The largest absolute Gasteiger partial charge is 0.337 e. The predicted octanol–water partition coefficient (Wildman–Crippen LogP) is 1.49. The second-order valence-corrected chi connectivity index (χ2v) is 5.04. The summed E-state index contributed by atoms with van der Waals surface area (Å²) >= 11 is 0. The van der Waals surface area contributed by atoms with Crippen molar-refractivity contribution in [2.75, 3.05) is 31.1 Å². The van der Waals surface area contributed by atoms with Gasteiger partial charge < -0.3 is 10.2 Å². The molecule has 1 aromatic rings. The van der Waals surface area contributed by atoms with Gasteiger partial charge >= 0.3 is 6.03 Å². The van der Waals surface area contributed by atoms with Gasteiger partial charge in [0.1, 0.15) is 0 Å². The Kier molecular flexibility index (Phi) is 5.54. The summed E-state index contributed by atoms with van der Waals surface area (Å²) in [6, 6.07) is 10.7. The molecule has 0 atom stereocenters. The van der Waals surface area contributed by atoms with E-state index in [1.165, 1.54) is 4.90 Å². The molecule has 0 radical (unpaired) electrons. The van der Waals surface area contributed by atoms with Crippen molar-refractivity contribution in [3.8, 4) is 12.1 Å². The number of carbonyl (C=O) groups excluding carboxylic acids is 2. The maximum atomic E-state index is 12.6. The summed E-state index contributed by atoms with van der Waals surface area (Å²) in [7, 11) is 0. The molecule has 1 aliphatic rings. The second-order valence-electron chi connectivity index (χ2n) is 5.04. The molecule has 0 aliphatic carbocycles. The smallest absolute Gasteiger partial charge is 0.321 e. The monoisotopic (exact) mass is 311 g/mol. The Balaban J connectivity index is 2.18. The average Bonchev–Trinajstić information content (AvgIpc) is 3.00. The highest BCUT2D eigenvalue weighted by atomic mass is 16.2. The van der Waals surface area contributed by atoms with E-state index in [1.807, 2.05) is 12.1 Å². The van der Waals surface area contributed by atoms with Gasteiger partial charge in [0, 0.05) is 37.4 Å². The van der Waals surface area contributed by atoms with Gasteiger partial charge in [0.25, 0.3) is 5.91 Å². The highest BCUT2D eigenvalue weighted by Gasteiger charge is 2.22. The fraction of sp³-hybridized carbons (Fsp3) is 0.375. The summed E-state index contributed by atoms with van der Waals surface area (Å²) in [6.45, 7) is 1.70. The lowest BCUT2D eigenvalue weighted by Gasteiger charge is -2.21. The third kappa shape index (κ3) is 3.98. The normalized spacial score (nSPS) is 13.1. The first-order valence-electron chi connectivity index (χ1n) is 7.36. The molecule has 0 aromatic heterocycles. The topological polar surface area (TPSA) is 100 Å². The van der Waals surface area contributed by atoms with Crippen LogP contribution in [0.2, 0.25) is 0 Å². The van der Waals surface area contributed by atoms with Crippen LogP contribution in [0.4, 0.5) is 10.5 Å². The van der Waals surface area contributed by atoms with E-state index in [9.17, 15) is 9.59 Å². The van der Waals surface area contributed by atoms with Gasteiger partial charge in [-0.15, -0.1) is 0 Å². The van der Waals surface area contributed by atoms with E-state index in [2.05, 4.69) is 5.32 Å². The van der Waals surface area contributed by atoms with Crippen LogP contribution >= 0.6 is 0 Å². The van der Waals surface area contributed by atoms with Gasteiger partial charge in [0.15, 0.2) is 0 Å². The average molecular weight is 311 g/mol. The van der Waals surface area contributed by atoms with Crippen molar-refractivity contribution in [1.82, 2.24) is 10.2 Å². The molecule has 3 amide bonds. The van der Waals surface area contributed by atoms with Gasteiger partial charge in [-0.3, -0.25) is 9.69 Å². The van der Waals surface area contributed by atoms with Crippen molar-refractivity contribution < 1.29 is 9.59 Å². The van der Waals surface area contributed by atoms with Gasteiger partial charge in [0.2, 0.25) is 0 Å². The quantitative estimate of drug-likeness (QED) is 0.860. The van der Waals surface area contributed by atoms with Crippen LogP contribution in [0.5, 0.6) is 0 Å². The molecule has 118 valence electrons. The molecule has 23 heavy (non-hydrogen) atoms. The van der Waals surface area contributed by atoms with Crippen LogP contribution in [0.15, 0.2) is 24.3 Å². The molecule has 7 heteroatoms. The van der Waals surface area contributed by atoms with Crippen molar-refractivity contribution in [2.45, 2.75) is 12.8 Å². The SMILES string of the molecule is N#CCCN(CCC#N)C(=O)c1cccc(N2CCNC2=O)c1. The van der Waals surface area contributed by atoms with Gasteiger partial charge in [0.05, 0.1) is 25.0 Å². The van der Waals surface area contributed by atoms with Crippen LogP contribution in [0, 0.1) is 22.7 Å². The minimum atomic E-state index is -0.239. The number of nitrogens with zero attached hydrogens (tertiary/aromatic N) is 4. The molecule has 2 rings (SSSR count). The van der Waals surface area contributed by atoms with E-state index in [0.717, 1.165) is 0 Å². The summed E-state index contributed by atoms with van der Waals surface area (Å²) in [6.07, 6.45) is 0.427. The van der Waals surface area contributed by atoms with Crippen molar-refractivity contribution >= 4 is 17.6 Å². The second kappa shape index (κ2) is 7.81. The zero-order valence-electron chi connectivity index (χ0n) is 12.7. The number of carbonyl (C=O) groups is 2. The molecule has 1 N–H and O–H groups in total. The van der Waals surface area contributed by atoms with Gasteiger partial charge in [-0.25, -0.2) is 4.79 Å². The molecule has 1 fully saturated rings. The van der Waals surface area contributed by atoms with E-state index in [-0.39, 0.29) is 37.9 Å². The molecule has 0 spiro atoms. The predicted molar refractivity (Wildman–Crippen MR) is 83.6 cm³/mol. The van der Waals surface area contributed by atoms with Crippen LogP contribution in [-0.2, 0) is 0 Å². The first-order chi connectivity index (χ1) is 11.2. The number of amides is 3. The molecule has 0 unspecified atom stereocenters. The zero-order valence-corrected chi connectivity index (χ0v) is 12.7. The minimum Gasteiger partial charge on any atom is -0.337 e. The van der Waals surface area contributed by atoms with E-state index in [4.69, 9.17) is 10.5 Å². The first-order valence-corrected chi connectivity index (χ1v) is 7.36. The molecular formula is C16H17N5O2. The van der Waals surface area contributed by atoms with E-state index in [1.54, 1.807) is 29.2 Å². The van der Waals surface area contributed by atoms with Crippen molar-refractivity contribution in [3.05, 3.63) is 29.8 Å². The number of anilines is 1. The highest BCUT2D eigenvalue weighted by molar-refractivity contribution is 5.98. The lowest BCUT2D eigenvalue weighted by Crippen LogP contribution is -2.33. The Morgan fingerprint density at radius 3 is 2.52 bits per heavy atom. The molecule has 1 aromatic carbocycles. The van der Waals surface area contributed by atoms with Crippen LogP contribution < -0.4 is 10.2 Å². The maximum Gasteiger partial charge on any atom is 0.321 e. The third-order valence-corrected chi connectivity index (χ3v) is 3.54. The van der Waals surface area contributed by atoms with Crippen LogP contribution in [-0.4, -0.2) is 43.0 Å². The van der Waals surface area contributed by atoms with Crippen molar-refractivity contribution in [3.63, 3.8) is 0 Å². The summed E-state index contributed by atoms with van der Waals surface area (Å²) in [5, 5.41) is 20.1. The van der Waals surface area contributed by atoms with E-state index in [0.29, 0.717) is 24.3 Å². The number of urea groups is 1. The molecule has 0 bridgehead atoms. The minimum absolute atomic E-state index is 0.180. The first kappa shape index (κ1) is 16.3. The summed E-state index contributed by atoms with van der Waals surface area (Å²) in [5.74, 6) is -0.239. The van der Waals surface area contributed by atoms with Crippen LogP contribution in [0.1, 0.15) is 23.2 Å². The third-order valence-electron chi connectivity index (χ3n) is 3.54. The summed E-state index contributed by atoms with van der Waals surface area (Å²) in [5.41, 5.74) is 1.10. The van der Waals surface area contributed by atoms with Crippen LogP contribution in [0.25, 0.3) is 0 Å². The zero-order chi connectivity index (χ0) is 16.7. The number of nitriles is 2. The fourth-order valence-electron chi connectivity index (χ4n) is 2.39. The molecule has 0 saturated carbocycles. The fourth-order valence-corrected chi connectivity index (χ4v) is 2.39. The van der Waals surface area contributed by atoms with Crippen molar-refractivity contribution in [2.24, 2.45) is 0 Å². The summed E-state index contributed by atoms with van der Waals surface area (Å²) in [4.78, 5) is 27.4. The van der Waals surface area contributed by atoms with Gasteiger partial charge in [-0.2, -0.15) is 10.5 Å². The van der Waals surface area contributed by atoms with Gasteiger partial charge in [-0.05, 0) is 18.2 Å². The van der Waals surface area contributed by atoms with E-state index < -0.39 is 0 Å². The summed E-state index contributed by atoms with van der Waals surface area (Å²) < 4.78 is 0. The Labute approximate surface area is 134 Å². The Hall–Kier alpha value is -3.06. The molecule has 1 aliphatic heterocycles. The standard InChI is InChI=1S/C16H17N5O2/c17-6-2-9-20(10-3-7-18)15(22)13-4-1-5-14(12-13)21-11-8-19-16(21)23/h1,4-5,12H,2-3,8-11H2,(H,19,23). The van der Waals surface area contributed by atoms with Crippen molar-refractivity contribution in [1.29, 1.82) is 10.5 Å². The molecular weight excluding hydrogens is 294 g/mol. The molecule has 1 heterocycles. The van der Waals surface area contributed by atoms with Gasteiger partial charge in [-0.1, -0.05) is 6.07 Å². The number of benzene rings is 1. The Bertz CT molecular complexity index is 656. The lowest BCUT2D eigenvalue weighted by molar-refractivity contribution is 0.0762. The highest BCUT2D eigenvalue weighted by Crippen LogP contribution is 2.19. The number of rotatable bonds is 6. The molecule has 7 nitrogen and oxygen atoms in total. The van der Waals surface area contributed by atoms with E-state index >= 15 is 0 Å². The molecule has 1 saturated heterocycles. The Morgan fingerprint density at radius 2 is 1.96 bits per heavy atom. The number of hydrogen-bond acceptors (Lipinski definition) is 4. The Morgan fingerprint density at radius 1 is 1.26 bits per heavy atom. The number of hydrogen-bond donors (Lipinski definition) is 1.